The summed E-state index contributed by atoms with van der Waals surface area (Å²) in [7, 11) is 0. The van der Waals surface area contributed by atoms with Crippen LogP contribution < -0.4 is 0 Å². The molecule has 0 aliphatic rings. The van der Waals surface area contributed by atoms with Crippen LogP contribution in [0.3, 0.4) is 0 Å². The molecule has 10 aromatic rings. The van der Waals surface area contributed by atoms with E-state index in [1.165, 1.54) is 20.9 Å². The van der Waals surface area contributed by atoms with Gasteiger partial charge in [-0.15, -0.1) is 11.3 Å². The quantitative estimate of drug-likeness (QED) is 0.205. The van der Waals surface area contributed by atoms with E-state index in [0.717, 1.165) is 71.5 Å². The van der Waals surface area contributed by atoms with E-state index in [1.54, 1.807) is 11.3 Å². The first-order valence-electron chi connectivity index (χ1n) is 15.0. The van der Waals surface area contributed by atoms with Crippen molar-refractivity contribution in [2.45, 2.75) is 0 Å². The van der Waals surface area contributed by atoms with Crippen LogP contribution in [0.25, 0.3) is 92.4 Å². The van der Waals surface area contributed by atoms with Crippen LogP contribution in [-0.2, 0) is 0 Å². The molecule has 4 aromatic heterocycles. The van der Waals surface area contributed by atoms with Gasteiger partial charge in [0.2, 0.25) is 0 Å². The number of benzene rings is 6. The number of hydrogen-bond donors (Lipinski definition) is 0. The Balaban J connectivity index is 1.21. The Morgan fingerprint density at radius 2 is 1.22 bits per heavy atom. The number of furan rings is 1. The van der Waals surface area contributed by atoms with Crippen molar-refractivity contribution in [3.05, 3.63) is 140 Å². The zero-order chi connectivity index (χ0) is 29.5. The molecule has 0 saturated heterocycles. The van der Waals surface area contributed by atoms with Gasteiger partial charge >= 0.3 is 0 Å². The van der Waals surface area contributed by atoms with Crippen molar-refractivity contribution < 1.29 is 4.42 Å². The van der Waals surface area contributed by atoms with E-state index in [-0.39, 0.29) is 0 Å². The van der Waals surface area contributed by atoms with Gasteiger partial charge in [-0.3, -0.25) is 0 Å². The van der Waals surface area contributed by atoms with Crippen molar-refractivity contribution >= 4 is 75.4 Å². The number of hydrogen-bond acceptors (Lipinski definition) is 4. The Morgan fingerprint density at radius 1 is 0.489 bits per heavy atom. The molecule has 0 N–H and O–H groups in total. The topological polar surface area (TPSA) is 43.9 Å². The van der Waals surface area contributed by atoms with Crippen LogP contribution in [0.1, 0.15) is 0 Å². The molecule has 0 saturated carbocycles. The lowest BCUT2D eigenvalue weighted by atomic mass is 10.0. The van der Waals surface area contributed by atoms with Crippen molar-refractivity contribution in [2.75, 3.05) is 0 Å². The Kier molecular flexibility index (Phi) is 5.12. The predicted molar refractivity (Wildman–Crippen MR) is 187 cm³/mol. The van der Waals surface area contributed by atoms with Crippen LogP contribution in [0, 0.1) is 0 Å². The molecule has 210 valence electrons. The third kappa shape index (κ3) is 3.59. The molecule has 0 radical (unpaired) electrons. The predicted octanol–water partition coefficient (Wildman–Crippen LogP) is 11.2. The molecule has 4 nitrogen and oxygen atoms in total. The Bertz CT molecular complexity index is 2750. The third-order valence-electron chi connectivity index (χ3n) is 8.85. The molecule has 6 aromatic carbocycles. The average Bonchev–Trinajstić information content (AvgIpc) is 3.77. The maximum atomic E-state index is 6.27. The highest BCUT2D eigenvalue weighted by Gasteiger charge is 2.20. The van der Waals surface area contributed by atoms with Crippen molar-refractivity contribution in [3.63, 3.8) is 0 Å². The van der Waals surface area contributed by atoms with Crippen LogP contribution in [0.2, 0.25) is 0 Å². The summed E-state index contributed by atoms with van der Waals surface area (Å²) in [6, 6.07) is 48.8. The second kappa shape index (κ2) is 9.36. The van der Waals surface area contributed by atoms with E-state index >= 15 is 0 Å². The smallest absolute Gasteiger partial charge is 0.161 e. The van der Waals surface area contributed by atoms with E-state index in [2.05, 4.69) is 114 Å². The fraction of sp³-hybridized carbons (Fsp3) is 0. The highest BCUT2D eigenvalue weighted by atomic mass is 32.1. The summed E-state index contributed by atoms with van der Waals surface area (Å²) >= 11 is 1.72. The second-order valence-corrected chi connectivity index (χ2v) is 12.4. The van der Waals surface area contributed by atoms with Crippen LogP contribution in [0.5, 0.6) is 0 Å². The summed E-state index contributed by atoms with van der Waals surface area (Å²) in [6.07, 6.45) is 0. The number of rotatable bonds is 3. The monoisotopic (exact) mass is 593 g/mol. The number of fused-ring (bicyclic) bond motifs is 10. The van der Waals surface area contributed by atoms with Crippen molar-refractivity contribution in [2.24, 2.45) is 0 Å². The lowest BCUT2D eigenvalue weighted by Crippen LogP contribution is -1.96. The lowest BCUT2D eigenvalue weighted by Gasteiger charge is -2.11. The zero-order valence-corrected chi connectivity index (χ0v) is 24.8. The number of para-hydroxylation sites is 2. The van der Waals surface area contributed by atoms with E-state index < -0.39 is 0 Å². The Labute approximate surface area is 261 Å². The van der Waals surface area contributed by atoms with Gasteiger partial charge < -0.3 is 8.98 Å². The molecule has 5 heteroatoms. The van der Waals surface area contributed by atoms with Crippen LogP contribution in [0.4, 0.5) is 0 Å². The molecule has 0 aliphatic heterocycles. The van der Waals surface area contributed by atoms with E-state index in [0.29, 0.717) is 0 Å². The summed E-state index contributed by atoms with van der Waals surface area (Å²) in [5, 5.41) is 7.02. The first-order chi connectivity index (χ1) is 22.3. The average molecular weight is 594 g/mol. The second-order valence-electron chi connectivity index (χ2n) is 11.4. The number of thiophene rings is 1. The Hall–Kier alpha value is -5.78. The first kappa shape index (κ1) is 24.6. The molecule has 0 unspecified atom stereocenters. The van der Waals surface area contributed by atoms with Gasteiger partial charge in [0.1, 0.15) is 16.0 Å². The number of nitrogens with zero attached hydrogens (tertiary/aromatic N) is 3. The van der Waals surface area contributed by atoms with Crippen LogP contribution in [-0.4, -0.2) is 14.5 Å². The molecule has 0 fully saturated rings. The van der Waals surface area contributed by atoms with E-state index in [9.17, 15) is 0 Å². The first-order valence-corrected chi connectivity index (χ1v) is 15.8. The van der Waals surface area contributed by atoms with Gasteiger partial charge in [-0.1, -0.05) is 97.1 Å². The molecule has 0 bridgehead atoms. The van der Waals surface area contributed by atoms with E-state index in [4.69, 9.17) is 14.4 Å². The standard InChI is InChI=1S/C40H23N3OS/c1-2-10-25(11-3-1)39-41-38(37-29-14-6-9-17-34(29)45-40(37)42-39)24-18-20-26(21-19-24)43-30-15-7-4-12-27(30)35-31(43)22-23-33-36(35)28-13-5-8-16-32(28)44-33/h1-23H. The highest BCUT2D eigenvalue weighted by Crippen LogP contribution is 2.42. The van der Waals surface area contributed by atoms with Gasteiger partial charge in [-0.25, -0.2) is 9.97 Å². The minimum Gasteiger partial charge on any atom is -0.456 e. The van der Waals surface area contributed by atoms with Crippen LogP contribution in [0.15, 0.2) is 144 Å². The van der Waals surface area contributed by atoms with Gasteiger partial charge in [0.15, 0.2) is 5.82 Å². The summed E-state index contributed by atoms with van der Waals surface area (Å²) in [6.45, 7) is 0. The lowest BCUT2D eigenvalue weighted by molar-refractivity contribution is 0.669. The Morgan fingerprint density at radius 3 is 2.09 bits per heavy atom. The zero-order valence-electron chi connectivity index (χ0n) is 23.9. The summed E-state index contributed by atoms with van der Waals surface area (Å²) in [4.78, 5) is 11.2. The molecule has 0 spiro atoms. The minimum atomic E-state index is 0.743. The van der Waals surface area contributed by atoms with Gasteiger partial charge in [0.05, 0.1) is 16.7 Å². The summed E-state index contributed by atoms with van der Waals surface area (Å²) in [5.74, 6) is 0.743. The number of aromatic nitrogens is 3. The fourth-order valence-corrected chi connectivity index (χ4v) is 7.95. The van der Waals surface area contributed by atoms with Gasteiger partial charge in [-0.05, 0) is 42.5 Å². The van der Waals surface area contributed by atoms with Gasteiger partial charge in [0, 0.05) is 53.8 Å². The van der Waals surface area contributed by atoms with Gasteiger partial charge in [-0.2, -0.15) is 0 Å². The molecule has 0 aliphatic carbocycles. The summed E-state index contributed by atoms with van der Waals surface area (Å²) < 4.78 is 9.85. The molecule has 0 atom stereocenters. The SMILES string of the molecule is c1ccc(-c2nc(-c3ccc(-n4c5ccccc5c5c6c(ccc54)oc4ccccc46)cc3)c3c(n2)sc2ccccc23)cc1. The highest BCUT2D eigenvalue weighted by molar-refractivity contribution is 7.25. The van der Waals surface area contributed by atoms with Crippen molar-refractivity contribution in [1.29, 1.82) is 0 Å². The van der Waals surface area contributed by atoms with Crippen LogP contribution >= 0.6 is 11.3 Å². The third-order valence-corrected chi connectivity index (χ3v) is 9.91. The maximum Gasteiger partial charge on any atom is 0.161 e. The molecule has 10 rings (SSSR count). The molecule has 4 heterocycles. The fourth-order valence-electron chi connectivity index (χ4n) is 6.87. The largest absolute Gasteiger partial charge is 0.456 e. The van der Waals surface area contributed by atoms with E-state index in [1.807, 2.05) is 30.3 Å². The van der Waals surface area contributed by atoms with Crippen molar-refractivity contribution in [1.82, 2.24) is 14.5 Å². The normalized spacial score (nSPS) is 12.0. The minimum absolute atomic E-state index is 0.743. The molecule has 0 amide bonds. The molecular formula is C40H23N3OS. The van der Waals surface area contributed by atoms with Gasteiger partial charge in [0.25, 0.3) is 0 Å². The molecular weight excluding hydrogens is 571 g/mol. The van der Waals surface area contributed by atoms with Crippen molar-refractivity contribution in [3.8, 4) is 28.3 Å². The maximum absolute atomic E-state index is 6.27. The summed E-state index contributed by atoms with van der Waals surface area (Å²) in [5.41, 5.74) is 8.27. The molecule has 45 heavy (non-hydrogen) atoms.